The highest BCUT2D eigenvalue weighted by Gasteiger charge is 2.54. The second kappa shape index (κ2) is 7.09. The molecule has 1 unspecified atom stereocenters. The first-order chi connectivity index (χ1) is 13.4. The maximum absolute atomic E-state index is 12.8. The zero-order valence-corrected chi connectivity index (χ0v) is 16.4. The average Bonchev–Trinajstić information content (AvgIpc) is 2.68. The second-order valence-corrected chi connectivity index (χ2v) is 8.29. The van der Waals surface area contributed by atoms with Crippen LogP contribution in [0.3, 0.4) is 0 Å². The molecule has 2 N–H and O–H groups in total. The molecule has 2 aliphatic heterocycles. The number of nitrogens with zero attached hydrogens (tertiary/aromatic N) is 3. The van der Waals surface area contributed by atoms with Crippen molar-refractivity contribution in [1.29, 1.82) is 0 Å². The minimum Gasteiger partial charge on any atom is -0.508 e. The molecule has 1 atom stereocenters. The van der Waals surface area contributed by atoms with Crippen LogP contribution in [0.5, 0.6) is 11.5 Å². The Hall–Kier alpha value is -2.60. The molecule has 2 aromatic rings. The molecule has 2 aliphatic rings. The molecule has 0 radical (unpaired) electrons. The van der Waals surface area contributed by atoms with Gasteiger partial charge in [-0.05, 0) is 56.5 Å². The first-order valence-corrected chi connectivity index (χ1v) is 9.89. The van der Waals surface area contributed by atoms with E-state index >= 15 is 0 Å². The fourth-order valence-electron chi connectivity index (χ4n) is 4.76. The van der Waals surface area contributed by atoms with E-state index in [2.05, 4.69) is 23.7 Å². The van der Waals surface area contributed by atoms with Crippen LogP contribution in [0.4, 0.5) is 0 Å². The van der Waals surface area contributed by atoms with Gasteiger partial charge in [0.1, 0.15) is 11.5 Å². The molecule has 1 amide bonds. The zero-order valence-electron chi connectivity index (χ0n) is 16.4. The van der Waals surface area contributed by atoms with Gasteiger partial charge in [0.2, 0.25) is 0 Å². The summed E-state index contributed by atoms with van der Waals surface area (Å²) >= 11 is 0. The number of hydrogen-bond acceptors (Lipinski definition) is 5. The first-order valence-electron chi connectivity index (χ1n) is 9.89. The number of piperidine rings is 1. The molecule has 6 nitrogen and oxygen atoms in total. The Balaban J connectivity index is 1.51. The van der Waals surface area contributed by atoms with E-state index in [0.717, 1.165) is 19.4 Å². The van der Waals surface area contributed by atoms with Crippen molar-refractivity contribution in [3.63, 3.8) is 0 Å². The van der Waals surface area contributed by atoms with Gasteiger partial charge >= 0.3 is 0 Å². The number of aromatic nitrogens is 1. The highest BCUT2D eigenvalue weighted by molar-refractivity contribution is 5.94. The highest BCUT2D eigenvalue weighted by atomic mass is 16.3. The number of rotatable bonds is 3. The monoisotopic (exact) mass is 381 g/mol. The van der Waals surface area contributed by atoms with Crippen LogP contribution in [0.25, 0.3) is 0 Å². The summed E-state index contributed by atoms with van der Waals surface area (Å²) in [5.74, 6) is 0.0161. The third-order valence-electron chi connectivity index (χ3n) is 6.32. The van der Waals surface area contributed by atoms with Crippen LogP contribution in [-0.2, 0) is 0 Å². The number of likely N-dealkylation sites (tertiary alicyclic amines) is 2. The van der Waals surface area contributed by atoms with Gasteiger partial charge in [0, 0.05) is 43.3 Å². The van der Waals surface area contributed by atoms with Gasteiger partial charge in [-0.2, -0.15) is 0 Å². The summed E-state index contributed by atoms with van der Waals surface area (Å²) in [7, 11) is 0. The van der Waals surface area contributed by atoms with Crippen LogP contribution in [0.2, 0.25) is 0 Å². The lowest BCUT2D eigenvalue weighted by molar-refractivity contribution is -0.124. The number of hydrogen-bond donors (Lipinski definition) is 2. The van der Waals surface area contributed by atoms with Gasteiger partial charge in [-0.25, -0.2) is 4.98 Å². The van der Waals surface area contributed by atoms with Crippen LogP contribution >= 0.6 is 0 Å². The van der Waals surface area contributed by atoms with E-state index < -0.39 is 0 Å². The molecule has 28 heavy (non-hydrogen) atoms. The SMILES string of the molecule is CC(C)N1CC2(CCN(C(=O)c3ncccc3O)CC2)C1c1ccc(O)cc1. The van der Waals surface area contributed by atoms with Crippen molar-refractivity contribution in [3.8, 4) is 11.5 Å². The van der Waals surface area contributed by atoms with E-state index in [1.807, 2.05) is 12.1 Å². The second-order valence-electron chi connectivity index (χ2n) is 8.29. The molecule has 1 aromatic carbocycles. The molecule has 1 spiro atoms. The summed E-state index contributed by atoms with van der Waals surface area (Å²) < 4.78 is 0. The normalized spacial score (nSPS) is 21.7. The van der Waals surface area contributed by atoms with Crippen molar-refractivity contribution in [2.75, 3.05) is 19.6 Å². The fraction of sp³-hybridized carbons (Fsp3) is 0.455. The van der Waals surface area contributed by atoms with Gasteiger partial charge in [-0.1, -0.05) is 12.1 Å². The predicted octanol–water partition coefficient (Wildman–Crippen LogP) is 3.18. The first kappa shape index (κ1) is 18.7. The van der Waals surface area contributed by atoms with Crippen molar-refractivity contribution in [1.82, 2.24) is 14.8 Å². The molecule has 148 valence electrons. The summed E-state index contributed by atoms with van der Waals surface area (Å²) in [4.78, 5) is 21.1. The lowest BCUT2D eigenvalue weighted by atomic mass is 9.62. The van der Waals surface area contributed by atoms with Crippen molar-refractivity contribution in [2.24, 2.45) is 5.41 Å². The van der Waals surface area contributed by atoms with Crippen LogP contribution in [0.15, 0.2) is 42.6 Å². The lowest BCUT2D eigenvalue weighted by Gasteiger charge is -2.62. The van der Waals surface area contributed by atoms with Gasteiger partial charge in [-0.3, -0.25) is 9.69 Å². The molecule has 2 saturated heterocycles. The van der Waals surface area contributed by atoms with Crippen LogP contribution < -0.4 is 0 Å². The van der Waals surface area contributed by atoms with E-state index in [1.54, 1.807) is 23.1 Å². The summed E-state index contributed by atoms with van der Waals surface area (Å²) in [6.07, 6.45) is 3.37. The molecule has 2 fully saturated rings. The third kappa shape index (κ3) is 3.11. The molecule has 1 aromatic heterocycles. The Morgan fingerprint density at radius 3 is 2.43 bits per heavy atom. The van der Waals surface area contributed by atoms with Crippen molar-refractivity contribution >= 4 is 5.91 Å². The van der Waals surface area contributed by atoms with Crippen LogP contribution in [-0.4, -0.2) is 56.6 Å². The fourth-order valence-corrected chi connectivity index (χ4v) is 4.76. The van der Waals surface area contributed by atoms with Crippen molar-refractivity contribution in [3.05, 3.63) is 53.9 Å². The Morgan fingerprint density at radius 1 is 1.14 bits per heavy atom. The predicted molar refractivity (Wildman–Crippen MR) is 106 cm³/mol. The number of amides is 1. The molecular weight excluding hydrogens is 354 g/mol. The third-order valence-corrected chi connectivity index (χ3v) is 6.32. The van der Waals surface area contributed by atoms with Crippen molar-refractivity contribution < 1.29 is 15.0 Å². The maximum atomic E-state index is 12.8. The topological polar surface area (TPSA) is 76.9 Å². The maximum Gasteiger partial charge on any atom is 0.276 e. The van der Waals surface area contributed by atoms with Crippen LogP contribution in [0.1, 0.15) is 48.8 Å². The standard InChI is InChI=1S/C22H27N3O3/c1-15(2)25-14-22(20(25)16-5-7-17(26)8-6-16)9-12-24(13-10-22)21(28)19-18(27)4-3-11-23-19/h3-8,11,15,20,26-27H,9-10,12-14H2,1-2H3. The molecule has 4 rings (SSSR count). The number of phenols is 1. The van der Waals surface area contributed by atoms with Gasteiger partial charge in [0.05, 0.1) is 0 Å². The van der Waals surface area contributed by atoms with E-state index in [1.165, 1.54) is 17.8 Å². The Morgan fingerprint density at radius 2 is 1.82 bits per heavy atom. The van der Waals surface area contributed by atoms with E-state index in [0.29, 0.717) is 25.2 Å². The largest absolute Gasteiger partial charge is 0.508 e. The van der Waals surface area contributed by atoms with E-state index in [9.17, 15) is 15.0 Å². The summed E-state index contributed by atoms with van der Waals surface area (Å²) in [6, 6.07) is 11.4. The summed E-state index contributed by atoms with van der Waals surface area (Å²) in [5.41, 5.74) is 1.50. The lowest BCUT2D eigenvalue weighted by Crippen LogP contribution is -2.64. The Labute approximate surface area is 165 Å². The number of pyridine rings is 1. The average molecular weight is 381 g/mol. The molecule has 6 heteroatoms. The van der Waals surface area contributed by atoms with Crippen LogP contribution in [0, 0.1) is 5.41 Å². The van der Waals surface area contributed by atoms with Gasteiger partial charge < -0.3 is 15.1 Å². The summed E-state index contributed by atoms with van der Waals surface area (Å²) in [5, 5.41) is 19.6. The van der Waals surface area contributed by atoms with Crippen molar-refractivity contribution in [2.45, 2.75) is 38.8 Å². The number of carbonyl (C=O) groups excluding carboxylic acids is 1. The molecule has 0 bridgehead atoms. The highest BCUT2D eigenvalue weighted by Crippen LogP contribution is 2.55. The Kier molecular flexibility index (Phi) is 4.75. The Bertz CT molecular complexity index is 858. The minimum atomic E-state index is -0.200. The molecule has 0 aliphatic carbocycles. The number of phenolic OH excluding ortho intramolecular Hbond substituents is 1. The zero-order chi connectivity index (χ0) is 19.9. The molecular formula is C22H27N3O3. The smallest absolute Gasteiger partial charge is 0.276 e. The van der Waals surface area contributed by atoms with E-state index in [4.69, 9.17) is 0 Å². The molecule has 0 saturated carbocycles. The number of aromatic hydroxyl groups is 2. The van der Waals surface area contributed by atoms with Gasteiger partial charge in [0.25, 0.3) is 5.91 Å². The minimum absolute atomic E-state index is 0.0654. The number of carbonyl (C=O) groups is 1. The molecule has 3 heterocycles. The summed E-state index contributed by atoms with van der Waals surface area (Å²) in [6.45, 7) is 6.77. The van der Waals surface area contributed by atoms with Gasteiger partial charge in [-0.15, -0.1) is 0 Å². The quantitative estimate of drug-likeness (QED) is 0.854. The number of benzene rings is 1. The van der Waals surface area contributed by atoms with E-state index in [-0.39, 0.29) is 28.5 Å². The van der Waals surface area contributed by atoms with Gasteiger partial charge in [0.15, 0.2) is 5.69 Å².